The van der Waals surface area contributed by atoms with Crippen molar-refractivity contribution in [3.8, 4) is 0 Å². The van der Waals surface area contributed by atoms with E-state index in [0.717, 1.165) is 29.7 Å². The lowest BCUT2D eigenvalue weighted by atomic mass is 9.91. The Morgan fingerprint density at radius 3 is 2.71 bits per heavy atom. The van der Waals surface area contributed by atoms with E-state index in [9.17, 15) is 0 Å². The Labute approximate surface area is 109 Å². The first-order chi connectivity index (χ1) is 8.16. The molecule has 0 aromatic heterocycles. The summed E-state index contributed by atoms with van der Waals surface area (Å²) in [5.74, 6) is 0.744. The van der Waals surface area contributed by atoms with Crippen molar-refractivity contribution in [2.24, 2.45) is 5.92 Å². The van der Waals surface area contributed by atoms with E-state index >= 15 is 0 Å². The van der Waals surface area contributed by atoms with Gasteiger partial charge < -0.3 is 10.6 Å². The van der Waals surface area contributed by atoms with Crippen molar-refractivity contribution in [2.75, 3.05) is 18.4 Å². The van der Waals surface area contributed by atoms with E-state index in [1.165, 1.54) is 18.4 Å². The zero-order valence-corrected chi connectivity index (χ0v) is 11.3. The van der Waals surface area contributed by atoms with E-state index in [0.29, 0.717) is 6.04 Å². The van der Waals surface area contributed by atoms with Crippen LogP contribution in [0.15, 0.2) is 18.2 Å². The molecule has 2 rings (SSSR count). The largest absolute Gasteiger partial charge is 0.381 e. The van der Waals surface area contributed by atoms with Gasteiger partial charge in [0.2, 0.25) is 0 Å². The van der Waals surface area contributed by atoms with Gasteiger partial charge in [0.25, 0.3) is 0 Å². The van der Waals surface area contributed by atoms with Gasteiger partial charge >= 0.3 is 0 Å². The Hall–Kier alpha value is -0.730. The molecular formula is C14H21ClN2. The van der Waals surface area contributed by atoms with Crippen LogP contribution in [0.2, 0.25) is 5.02 Å². The predicted molar refractivity (Wildman–Crippen MR) is 74.9 cm³/mol. The zero-order valence-electron chi connectivity index (χ0n) is 10.6. The summed E-state index contributed by atoms with van der Waals surface area (Å²) in [4.78, 5) is 0. The third-order valence-electron chi connectivity index (χ3n) is 3.60. The molecule has 2 N–H and O–H groups in total. The van der Waals surface area contributed by atoms with Crippen LogP contribution in [0.1, 0.15) is 25.3 Å². The number of anilines is 1. The second-order valence-electron chi connectivity index (χ2n) is 5.00. The molecule has 1 fully saturated rings. The van der Waals surface area contributed by atoms with Crippen LogP contribution in [0.25, 0.3) is 0 Å². The van der Waals surface area contributed by atoms with Crippen LogP contribution in [-0.2, 0) is 0 Å². The molecule has 1 saturated heterocycles. The Balaban J connectivity index is 1.99. The molecule has 0 saturated carbocycles. The Morgan fingerprint density at radius 1 is 1.35 bits per heavy atom. The molecule has 3 heteroatoms. The summed E-state index contributed by atoms with van der Waals surface area (Å²) in [5, 5.41) is 7.77. The van der Waals surface area contributed by atoms with Gasteiger partial charge in [-0.25, -0.2) is 0 Å². The van der Waals surface area contributed by atoms with Crippen molar-refractivity contribution in [1.82, 2.24) is 5.32 Å². The molecule has 2 nitrogen and oxygen atoms in total. The lowest BCUT2D eigenvalue weighted by Gasteiger charge is -2.29. The maximum atomic E-state index is 6.24. The minimum absolute atomic E-state index is 0.484. The number of piperidine rings is 1. The maximum Gasteiger partial charge on any atom is 0.0640 e. The monoisotopic (exact) mass is 252 g/mol. The molecule has 0 spiro atoms. The molecule has 0 radical (unpaired) electrons. The number of nitrogens with one attached hydrogen (secondary N) is 2. The number of aryl methyl sites for hydroxylation is 1. The summed E-state index contributed by atoms with van der Waals surface area (Å²) in [6, 6.07) is 6.68. The summed E-state index contributed by atoms with van der Waals surface area (Å²) < 4.78 is 0. The van der Waals surface area contributed by atoms with Crippen LogP contribution in [0, 0.1) is 12.8 Å². The standard InChI is InChI=1S/C14H21ClN2/c1-10-3-4-14(13(15)9-10)17-11(2)12-5-7-16-8-6-12/h3-4,9,11-12,16-17H,5-8H2,1-2H3. The summed E-state index contributed by atoms with van der Waals surface area (Å²) in [6.45, 7) is 6.59. The van der Waals surface area contributed by atoms with Crippen molar-refractivity contribution < 1.29 is 0 Å². The average molecular weight is 253 g/mol. The van der Waals surface area contributed by atoms with Gasteiger partial charge in [-0.1, -0.05) is 17.7 Å². The molecule has 1 atom stereocenters. The number of hydrogen-bond donors (Lipinski definition) is 2. The summed E-state index contributed by atoms with van der Waals surface area (Å²) in [5.41, 5.74) is 2.26. The molecule has 94 valence electrons. The highest BCUT2D eigenvalue weighted by Gasteiger charge is 2.20. The average Bonchev–Trinajstić information content (AvgIpc) is 2.34. The third kappa shape index (κ3) is 3.36. The van der Waals surface area contributed by atoms with E-state index in [1.54, 1.807) is 0 Å². The van der Waals surface area contributed by atoms with E-state index in [2.05, 4.69) is 36.6 Å². The minimum Gasteiger partial charge on any atom is -0.381 e. The second-order valence-corrected chi connectivity index (χ2v) is 5.41. The fourth-order valence-electron chi connectivity index (χ4n) is 2.44. The third-order valence-corrected chi connectivity index (χ3v) is 3.91. The molecule has 1 aromatic carbocycles. The van der Waals surface area contributed by atoms with Crippen LogP contribution >= 0.6 is 11.6 Å². The SMILES string of the molecule is Cc1ccc(NC(C)C2CCNCC2)c(Cl)c1. The molecule has 0 amide bonds. The minimum atomic E-state index is 0.484. The van der Waals surface area contributed by atoms with Gasteiger partial charge in [0.05, 0.1) is 10.7 Å². The van der Waals surface area contributed by atoms with Crippen molar-refractivity contribution >= 4 is 17.3 Å². The highest BCUT2D eigenvalue weighted by atomic mass is 35.5. The molecule has 1 aromatic rings. The van der Waals surface area contributed by atoms with Crippen molar-refractivity contribution in [3.63, 3.8) is 0 Å². The van der Waals surface area contributed by atoms with E-state index < -0.39 is 0 Å². The quantitative estimate of drug-likeness (QED) is 0.861. The first-order valence-corrected chi connectivity index (χ1v) is 6.78. The number of halogens is 1. The Kier molecular flexibility index (Phi) is 4.30. The molecule has 0 aliphatic carbocycles. The smallest absolute Gasteiger partial charge is 0.0640 e. The lowest BCUT2D eigenvalue weighted by molar-refractivity contribution is 0.343. The van der Waals surface area contributed by atoms with Gasteiger partial charge in [-0.05, 0) is 63.4 Å². The van der Waals surface area contributed by atoms with Gasteiger partial charge in [-0.3, -0.25) is 0 Å². The van der Waals surface area contributed by atoms with Gasteiger partial charge in [0.15, 0.2) is 0 Å². The van der Waals surface area contributed by atoms with Crippen LogP contribution in [0.5, 0.6) is 0 Å². The topological polar surface area (TPSA) is 24.1 Å². The van der Waals surface area contributed by atoms with Crippen LogP contribution < -0.4 is 10.6 Å². The van der Waals surface area contributed by atoms with Crippen molar-refractivity contribution in [2.45, 2.75) is 32.7 Å². The van der Waals surface area contributed by atoms with Gasteiger partial charge in [0, 0.05) is 6.04 Å². The van der Waals surface area contributed by atoms with Gasteiger partial charge in [-0.2, -0.15) is 0 Å². The normalized spacial score (nSPS) is 19.0. The van der Waals surface area contributed by atoms with E-state index in [1.807, 2.05) is 6.07 Å². The van der Waals surface area contributed by atoms with Crippen molar-refractivity contribution in [3.05, 3.63) is 28.8 Å². The number of rotatable bonds is 3. The Bertz CT molecular complexity index is 372. The molecule has 17 heavy (non-hydrogen) atoms. The molecule has 1 aliphatic rings. The summed E-state index contributed by atoms with van der Waals surface area (Å²) in [6.07, 6.45) is 2.50. The molecule has 0 bridgehead atoms. The van der Waals surface area contributed by atoms with Crippen LogP contribution in [-0.4, -0.2) is 19.1 Å². The Morgan fingerprint density at radius 2 is 2.06 bits per heavy atom. The van der Waals surface area contributed by atoms with Crippen molar-refractivity contribution in [1.29, 1.82) is 0 Å². The fourth-order valence-corrected chi connectivity index (χ4v) is 2.73. The molecule has 1 unspecified atom stereocenters. The molecule has 1 aliphatic heterocycles. The fraction of sp³-hybridized carbons (Fsp3) is 0.571. The van der Waals surface area contributed by atoms with Crippen LogP contribution in [0.3, 0.4) is 0 Å². The lowest BCUT2D eigenvalue weighted by Crippen LogP contribution is -2.36. The highest BCUT2D eigenvalue weighted by molar-refractivity contribution is 6.33. The zero-order chi connectivity index (χ0) is 12.3. The van der Waals surface area contributed by atoms with Crippen LogP contribution in [0.4, 0.5) is 5.69 Å². The van der Waals surface area contributed by atoms with E-state index in [-0.39, 0.29) is 0 Å². The number of hydrogen-bond acceptors (Lipinski definition) is 2. The predicted octanol–water partition coefficient (Wildman–Crippen LogP) is 3.45. The first kappa shape index (κ1) is 12.7. The second kappa shape index (κ2) is 5.74. The molecule has 1 heterocycles. The summed E-state index contributed by atoms with van der Waals surface area (Å²) in [7, 11) is 0. The summed E-state index contributed by atoms with van der Waals surface area (Å²) >= 11 is 6.24. The van der Waals surface area contributed by atoms with E-state index in [4.69, 9.17) is 11.6 Å². The van der Waals surface area contributed by atoms with Gasteiger partial charge in [-0.15, -0.1) is 0 Å². The molecular weight excluding hydrogens is 232 g/mol. The van der Waals surface area contributed by atoms with Gasteiger partial charge in [0.1, 0.15) is 0 Å². The maximum absolute atomic E-state index is 6.24. The highest BCUT2D eigenvalue weighted by Crippen LogP contribution is 2.26. The number of benzene rings is 1. The first-order valence-electron chi connectivity index (χ1n) is 6.40.